The van der Waals surface area contributed by atoms with E-state index < -0.39 is 0 Å². The molecule has 2 saturated heterocycles. The molecule has 1 N–H and O–H groups in total. The van der Waals surface area contributed by atoms with Gasteiger partial charge in [-0.25, -0.2) is 0 Å². The molecule has 1 unspecified atom stereocenters. The number of anilines is 1. The Morgan fingerprint density at radius 2 is 2.16 bits per heavy atom. The van der Waals surface area contributed by atoms with Crippen LogP contribution < -0.4 is 15.0 Å². The second-order valence-corrected chi connectivity index (χ2v) is 8.49. The molecule has 0 bridgehead atoms. The Bertz CT molecular complexity index is 865. The van der Waals surface area contributed by atoms with Crippen LogP contribution in [0.3, 0.4) is 0 Å². The Kier molecular flexibility index (Phi) is 7.66. The maximum Gasteiger partial charge on any atom is 0.230 e. The fourth-order valence-electron chi connectivity index (χ4n) is 3.70. The van der Waals surface area contributed by atoms with Crippen LogP contribution in [-0.4, -0.2) is 72.5 Å². The molecule has 0 aliphatic carbocycles. The molecule has 2 fully saturated rings. The predicted octanol–water partition coefficient (Wildman–Crippen LogP) is 1.71. The monoisotopic (exact) mass is 447 g/mol. The zero-order chi connectivity index (χ0) is 21.5. The smallest absolute Gasteiger partial charge is 0.230 e. The van der Waals surface area contributed by atoms with Gasteiger partial charge in [0.1, 0.15) is 5.75 Å². The Hall–Kier alpha value is -2.30. The largest absolute Gasteiger partial charge is 0.497 e. The van der Waals surface area contributed by atoms with Crippen molar-refractivity contribution in [1.29, 1.82) is 0 Å². The number of carbonyl (C=O) groups is 1. The number of carbonyl (C=O) groups excluding carboxylic acids is 1. The van der Waals surface area contributed by atoms with Crippen LogP contribution in [0.2, 0.25) is 0 Å². The predicted molar refractivity (Wildman–Crippen MR) is 118 cm³/mol. The quantitative estimate of drug-likeness (QED) is 0.581. The fraction of sp³-hybridized carbons (Fsp3) is 0.571. The number of nitrogens with one attached hydrogen (secondary N) is 1. The summed E-state index contributed by atoms with van der Waals surface area (Å²) in [5, 5.41) is 12.5. The van der Waals surface area contributed by atoms with Crippen molar-refractivity contribution in [2.75, 3.05) is 50.7 Å². The summed E-state index contributed by atoms with van der Waals surface area (Å²) in [5.74, 6) is 1.83. The number of ether oxygens (including phenoxy) is 3. The van der Waals surface area contributed by atoms with E-state index >= 15 is 0 Å². The van der Waals surface area contributed by atoms with Crippen LogP contribution in [-0.2, 0) is 27.4 Å². The molecule has 1 atom stereocenters. The number of aromatic nitrogens is 3. The highest BCUT2D eigenvalue weighted by Crippen LogP contribution is 2.25. The first-order valence-electron chi connectivity index (χ1n) is 10.6. The fourth-order valence-corrected chi connectivity index (χ4v) is 4.47. The lowest BCUT2D eigenvalue weighted by molar-refractivity contribution is -0.118. The number of nitrogens with zero attached hydrogens (tertiary/aromatic N) is 4. The molecule has 2 aromatic rings. The van der Waals surface area contributed by atoms with Gasteiger partial charge in [0.25, 0.3) is 0 Å². The number of amides is 1. The van der Waals surface area contributed by atoms with Crippen LogP contribution in [0.25, 0.3) is 0 Å². The van der Waals surface area contributed by atoms with Crippen LogP contribution >= 0.6 is 11.8 Å². The first-order valence-corrected chi connectivity index (χ1v) is 11.6. The second kappa shape index (κ2) is 10.8. The van der Waals surface area contributed by atoms with Crippen molar-refractivity contribution >= 4 is 23.6 Å². The second-order valence-electron chi connectivity index (χ2n) is 7.54. The molecule has 0 radical (unpaired) electrons. The summed E-state index contributed by atoms with van der Waals surface area (Å²) < 4.78 is 18.6. The summed E-state index contributed by atoms with van der Waals surface area (Å²) in [6.07, 6.45) is 2.28. The van der Waals surface area contributed by atoms with E-state index in [0.717, 1.165) is 55.0 Å². The number of benzene rings is 1. The van der Waals surface area contributed by atoms with Crippen molar-refractivity contribution in [1.82, 2.24) is 20.1 Å². The van der Waals surface area contributed by atoms with Crippen LogP contribution in [0.15, 0.2) is 29.4 Å². The third-order valence-electron chi connectivity index (χ3n) is 5.36. The molecule has 4 rings (SSSR count). The lowest BCUT2D eigenvalue weighted by Gasteiger charge is -2.28. The van der Waals surface area contributed by atoms with Crippen LogP contribution in [0.4, 0.5) is 5.95 Å². The molecule has 2 aliphatic rings. The van der Waals surface area contributed by atoms with E-state index in [1.807, 2.05) is 24.3 Å². The molecule has 0 saturated carbocycles. The van der Waals surface area contributed by atoms with Gasteiger partial charge in [-0.05, 0) is 30.5 Å². The molecule has 1 aromatic heterocycles. The Morgan fingerprint density at radius 1 is 1.29 bits per heavy atom. The molecule has 31 heavy (non-hydrogen) atoms. The average Bonchev–Trinajstić information content (AvgIpc) is 3.47. The molecule has 3 heterocycles. The van der Waals surface area contributed by atoms with Gasteiger partial charge in [0.2, 0.25) is 11.9 Å². The maximum absolute atomic E-state index is 12.4. The van der Waals surface area contributed by atoms with E-state index in [4.69, 9.17) is 14.2 Å². The number of hydrogen-bond donors (Lipinski definition) is 1. The SMILES string of the molecule is COc1cccc(CNC(=O)CSc2nnc(N3CCOCC3)n2CC2CCCO2)c1. The molecule has 1 amide bonds. The zero-order valence-electron chi connectivity index (χ0n) is 17.8. The number of methoxy groups -OCH3 is 1. The molecular formula is C21H29N5O4S. The van der Waals surface area contributed by atoms with Gasteiger partial charge in [-0.1, -0.05) is 23.9 Å². The first kappa shape index (κ1) is 21.9. The van der Waals surface area contributed by atoms with Crippen LogP contribution in [0.1, 0.15) is 18.4 Å². The van der Waals surface area contributed by atoms with Crippen molar-refractivity contribution < 1.29 is 19.0 Å². The first-order chi connectivity index (χ1) is 15.2. The molecule has 1 aromatic carbocycles. The van der Waals surface area contributed by atoms with Gasteiger partial charge in [-0.2, -0.15) is 0 Å². The average molecular weight is 448 g/mol. The lowest BCUT2D eigenvalue weighted by atomic mass is 10.2. The van der Waals surface area contributed by atoms with E-state index in [1.165, 1.54) is 11.8 Å². The molecular weight excluding hydrogens is 418 g/mol. The summed E-state index contributed by atoms with van der Waals surface area (Å²) in [6.45, 7) is 4.90. The van der Waals surface area contributed by atoms with Crippen molar-refractivity contribution in [3.8, 4) is 5.75 Å². The van der Waals surface area contributed by atoms with Gasteiger partial charge in [-0.15, -0.1) is 10.2 Å². The highest BCUT2D eigenvalue weighted by Gasteiger charge is 2.25. The van der Waals surface area contributed by atoms with Gasteiger partial charge in [0.05, 0.1) is 38.7 Å². The summed E-state index contributed by atoms with van der Waals surface area (Å²) in [4.78, 5) is 14.6. The minimum Gasteiger partial charge on any atom is -0.497 e. The Morgan fingerprint density at radius 3 is 2.94 bits per heavy atom. The van der Waals surface area contributed by atoms with Gasteiger partial charge in [0.15, 0.2) is 5.16 Å². The normalized spacial score (nSPS) is 18.9. The number of hydrogen-bond acceptors (Lipinski definition) is 8. The molecule has 0 spiro atoms. The number of morpholine rings is 1. The van der Waals surface area contributed by atoms with Gasteiger partial charge < -0.3 is 24.4 Å². The van der Waals surface area contributed by atoms with Crippen molar-refractivity contribution in [3.05, 3.63) is 29.8 Å². The standard InChI is InChI=1S/C21H29N5O4S/c1-28-17-5-2-4-16(12-17)13-22-19(27)15-31-21-24-23-20(25-7-10-29-11-8-25)26(21)14-18-6-3-9-30-18/h2,4-5,12,18H,3,6-11,13-15H2,1H3,(H,22,27). The highest BCUT2D eigenvalue weighted by molar-refractivity contribution is 7.99. The van der Waals surface area contributed by atoms with Crippen molar-refractivity contribution in [2.45, 2.75) is 37.2 Å². The van der Waals surface area contributed by atoms with Crippen LogP contribution in [0.5, 0.6) is 5.75 Å². The summed E-state index contributed by atoms with van der Waals surface area (Å²) in [5.41, 5.74) is 0.994. The Balaban J connectivity index is 1.37. The van der Waals surface area contributed by atoms with E-state index in [0.29, 0.717) is 26.3 Å². The molecule has 9 nitrogen and oxygen atoms in total. The van der Waals surface area contributed by atoms with Crippen LogP contribution in [0, 0.1) is 0 Å². The summed E-state index contributed by atoms with van der Waals surface area (Å²) >= 11 is 1.41. The molecule has 168 valence electrons. The number of thioether (sulfide) groups is 1. The van der Waals surface area contributed by atoms with E-state index in [2.05, 4.69) is 25.0 Å². The van der Waals surface area contributed by atoms with Crippen molar-refractivity contribution in [3.63, 3.8) is 0 Å². The minimum absolute atomic E-state index is 0.0487. The maximum atomic E-state index is 12.4. The van der Waals surface area contributed by atoms with Crippen molar-refractivity contribution in [2.24, 2.45) is 0 Å². The van der Waals surface area contributed by atoms with E-state index in [1.54, 1.807) is 7.11 Å². The van der Waals surface area contributed by atoms with E-state index in [9.17, 15) is 4.79 Å². The van der Waals surface area contributed by atoms with E-state index in [-0.39, 0.29) is 17.8 Å². The minimum atomic E-state index is -0.0487. The molecule has 10 heteroatoms. The lowest BCUT2D eigenvalue weighted by Crippen LogP contribution is -2.38. The summed E-state index contributed by atoms with van der Waals surface area (Å²) in [6, 6.07) is 7.67. The topological polar surface area (TPSA) is 90.7 Å². The number of rotatable bonds is 9. The summed E-state index contributed by atoms with van der Waals surface area (Å²) in [7, 11) is 1.63. The van der Waals surface area contributed by atoms with Gasteiger partial charge >= 0.3 is 0 Å². The third-order valence-corrected chi connectivity index (χ3v) is 6.32. The van der Waals surface area contributed by atoms with Gasteiger partial charge in [-0.3, -0.25) is 9.36 Å². The highest BCUT2D eigenvalue weighted by atomic mass is 32.2. The zero-order valence-corrected chi connectivity index (χ0v) is 18.6. The molecule has 2 aliphatic heterocycles. The third kappa shape index (κ3) is 5.90. The van der Waals surface area contributed by atoms with Gasteiger partial charge in [0, 0.05) is 26.2 Å². The Labute approximate surface area is 186 Å².